The molecule has 1 unspecified atom stereocenters. The summed E-state index contributed by atoms with van der Waals surface area (Å²) in [5, 5.41) is 15.8. The Morgan fingerprint density at radius 1 is 1.02 bits per heavy atom. The first-order valence-corrected chi connectivity index (χ1v) is 14.8. The van der Waals surface area contributed by atoms with E-state index >= 15 is 0 Å². The zero-order valence-corrected chi connectivity index (χ0v) is 25.5. The summed E-state index contributed by atoms with van der Waals surface area (Å²) in [6, 6.07) is 17.8. The van der Waals surface area contributed by atoms with Gasteiger partial charge in [-0.15, -0.1) is 10.2 Å². The summed E-state index contributed by atoms with van der Waals surface area (Å²) in [6.07, 6.45) is 6.07. The van der Waals surface area contributed by atoms with Crippen LogP contribution in [0.4, 0.5) is 5.69 Å². The molecular weight excluding hydrogens is 544 g/mol. The highest BCUT2D eigenvalue weighted by Gasteiger charge is 2.37. The molecule has 0 saturated heterocycles. The number of amides is 2. The van der Waals surface area contributed by atoms with Gasteiger partial charge in [-0.1, -0.05) is 31.4 Å². The monoisotopic (exact) mass is 584 g/mol. The van der Waals surface area contributed by atoms with Gasteiger partial charge in [-0.3, -0.25) is 14.5 Å². The van der Waals surface area contributed by atoms with Crippen LogP contribution in [0.1, 0.15) is 81.9 Å². The first kappa shape index (κ1) is 30.0. The van der Waals surface area contributed by atoms with Gasteiger partial charge in [0.2, 0.25) is 5.82 Å². The van der Waals surface area contributed by atoms with Crippen molar-refractivity contribution >= 4 is 17.5 Å². The molecule has 226 valence electrons. The van der Waals surface area contributed by atoms with Crippen LogP contribution in [0.2, 0.25) is 0 Å². The summed E-state index contributed by atoms with van der Waals surface area (Å²) in [5.41, 5.74) is 2.05. The Hall–Kier alpha value is -4.47. The molecule has 1 aliphatic rings. The maximum absolute atomic E-state index is 14.2. The third kappa shape index (κ3) is 7.31. The number of methoxy groups -OCH3 is 1. The summed E-state index contributed by atoms with van der Waals surface area (Å²) in [4.78, 5) is 30.8. The molecule has 1 aliphatic carbocycles. The third-order valence-corrected chi connectivity index (χ3v) is 7.63. The maximum Gasteiger partial charge on any atom is 0.251 e. The Kier molecular flexibility index (Phi) is 8.94. The van der Waals surface area contributed by atoms with E-state index in [9.17, 15) is 9.59 Å². The first-order valence-electron chi connectivity index (χ1n) is 14.8. The molecule has 2 heterocycles. The van der Waals surface area contributed by atoms with Gasteiger partial charge in [0.1, 0.15) is 23.8 Å². The molecule has 1 saturated carbocycles. The van der Waals surface area contributed by atoms with Crippen LogP contribution in [0, 0.1) is 6.92 Å². The van der Waals surface area contributed by atoms with E-state index in [2.05, 4.69) is 32.9 Å². The zero-order chi connectivity index (χ0) is 30.6. The standard InChI is InChI=1S/C33H40N6O4/c1-22-11-20-28(43-22)30(32(41)34-33(2,3)4)39(26-16-12-24(13-17-26)23-9-7-6-8-10-23)29(40)21-38-36-31(35-37-38)25-14-18-27(42-5)19-15-25/h11-20,23,30H,6-10,21H2,1-5H3,(H,34,41). The van der Waals surface area contributed by atoms with E-state index < -0.39 is 11.6 Å². The molecule has 1 fully saturated rings. The van der Waals surface area contributed by atoms with Gasteiger partial charge in [0, 0.05) is 16.8 Å². The Balaban J connectivity index is 1.49. The number of hydrogen-bond donors (Lipinski definition) is 1. The van der Waals surface area contributed by atoms with E-state index in [4.69, 9.17) is 9.15 Å². The third-order valence-electron chi connectivity index (χ3n) is 7.63. The van der Waals surface area contributed by atoms with Crippen molar-refractivity contribution in [2.75, 3.05) is 12.0 Å². The lowest BCUT2D eigenvalue weighted by molar-refractivity contribution is -0.128. The normalized spacial score (nSPS) is 14.7. The average molecular weight is 585 g/mol. The largest absolute Gasteiger partial charge is 0.497 e. The minimum absolute atomic E-state index is 0.230. The van der Waals surface area contributed by atoms with Crippen LogP contribution in [0.15, 0.2) is 65.1 Å². The number of hydrogen-bond acceptors (Lipinski definition) is 7. The van der Waals surface area contributed by atoms with E-state index in [1.807, 2.05) is 64.1 Å². The molecule has 10 heteroatoms. The summed E-state index contributed by atoms with van der Waals surface area (Å²) in [5.74, 6) is 1.88. The van der Waals surface area contributed by atoms with Gasteiger partial charge in [-0.25, -0.2) is 0 Å². The fraction of sp³-hybridized carbons (Fsp3) is 0.424. The number of carbonyl (C=O) groups is 2. The number of ether oxygens (including phenoxy) is 1. The first-order chi connectivity index (χ1) is 20.6. The molecule has 10 nitrogen and oxygen atoms in total. The number of tetrazole rings is 1. The molecule has 2 amide bonds. The van der Waals surface area contributed by atoms with Crippen molar-refractivity contribution in [1.82, 2.24) is 25.5 Å². The minimum atomic E-state index is -1.05. The molecule has 43 heavy (non-hydrogen) atoms. The predicted octanol–water partition coefficient (Wildman–Crippen LogP) is 5.99. The van der Waals surface area contributed by atoms with Crippen molar-refractivity contribution in [2.24, 2.45) is 0 Å². The van der Waals surface area contributed by atoms with Gasteiger partial charge in [-0.05, 0) is 106 Å². The van der Waals surface area contributed by atoms with Crippen molar-refractivity contribution in [3.05, 3.63) is 77.7 Å². The lowest BCUT2D eigenvalue weighted by Crippen LogP contribution is -2.50. The second-order valence-electron chi connectivity index (χ2n) is 12.2. The van der Waals surface area contributed by atoms with Gasteiger partial charge < -0.3 is 14.5 Å². The molecule has 0 bridgehead atoms. The molecule has 0 radical (unpaired) electrons. The summed E-state index contributed by atoms with van der Waals surface area (Å²) in [6.45, 7) is 7.29. The Bertz CT molecular complexity index is 1530. The fourth-order valence-electron chi connectivity index (χ4n) is 5.56. The van der Waals surface area contributed by atoms with Gasteiger partial charge in [0.05, 0.1) is 7.11 Å². The van der Waals surface area contributed by atoms with Crippen molar-refractivity contribution < 1.29 is 18.7 Å². The Morgan fingerprint density at radius 3 is 2.33 bits per heavy atom. The van der Waals surface area contributed by atoms with Crippen LogP contribution in [0.3, 0.4) is 0 Å². The Labute approximate surface area is 252 Å². The number of nitrogens with zero attached hydrogens (tertiary/aromatic N) is 5. The number of benzene rings is 2. The second kappa shape index (κ2) is 12.8. The van der Waals surface area contributed by atoms with Gasteiger partial charge in [0.25, 0.3) is 11.8 Å². The zero-order valence-electron chi connectivity index (χ0n) is 25.5. The van der Waals surface area contributed by atoms with Gasteiger partial charge in [-0.2, -0.15) is 4.80 Å². The number of carbonyl (C=O) groups excluding carboxylic acids is 2. The smallest absolute Gasteiger partial charge is 0.251 e. The molecule has 2 aromatic heterocycles. The molecule has 0 aliphatic heterocycles. The van der Waals surface area contributed by atoms with Crippen molar-refractivity contribution in [3.8, 4) is 17.1 Å². The lowest BCUT2D eigenvalue weighted by atomic mass is 9.84. The van der Waals surface area contributed by atoms with E-state index in [0.717, 1.165) is 5.56 Å². The van der Waals surface area contributed by atoms with Crippen LogP contribution in [-0.4, -0.2) is 44.7 Å². The van der Waals surface area contributed by atoms with Gasteiger partial charge >= 0.3 is 0 Å². The summed E-state index contributed by atoms with van der Waals surface area (Å²) >= 11 is 0. The summed E-state index contributed by atoms with van der Waals surface area (Å²) in [7, 11) is 1.60. The molecule has 0 spiro atoms. The van der Waals surface area contributed by atoms with Crippen LogP contribution in [-0.2, 0) is 16.1 Å². The van der Waals surface area contributed by atoms with Crippen LogP contribution in [0.25, 0.3) is 11.4 Å². The van der Waals surface area contributed by atoms with E-state index in [-0.39, 0.29) is 18.4 Å². The van der Waals surface area contributed by atoms with Crippen LogP contribution < -0.4 is 15.0 Å². The average Bonchev–Trinajstić information content (AvgIpc) is 3.64. The molecule has 1 N–H and O–H groups in total. The van der Waals surface area contributed by atoms with E-state index in [1.54, 1.807) is 19.2 Å². The molecular formula is C33H40N6O4. The molecule has 1 atom stereocenters. The SMILES string of the molecule is COc1ccc(-c2nnn(CC(=O)N(c3ccc(C4CCCCC4)cc3)C(C(=O)NC(C)(C)C)c3ccc(C)o3)n2)cc1. The van der Waals surface area contributed by atoms with Gasteiger partial charge in [0.15, 0.2) is 6.04 Å². The number of rotatable bonds is 9. The van der Waals surface area contributed by atoms with Crippen LogP contribution in [0.5, 0.6) is 5.75 Å². The highest BCUT2D eigenvalue weighted by atomic mass is 16.5. The predicted molar refractivity (Wildman–Crippen MR) is 164 cm³/mol. The molecule has 5 rings (SSSR count). The number of furan rings is 1. The quantitative estimate of drug-likeness (QED) is 0.257. The summed E-state index contributed by atoms with van der Waals surface area (Å²) < 4.78 is 11.2. The minimum Gasteiger partial charge on any atom is -0.497 e. The fourth-order valence-corrected chi connectivity index (χ4v) is 5.56. The van der Waals surface area contributed by atoms with Crippen molar-refractivity contribution in [1.29, 1.82) is 0 Å². The second-order valence-corrected chi connectivity index (χ2v) is 12.2. The highest BCUT2D eigenvalue weighted by Crippen LogP contribution is 2.35. The van der Waals surface area contributed by atoms with E-state index in [0.29, 0.717) is 34.7 Å². The molecule has 2 aromatic carbocycles. The van der Waals surface area contributed by atoms with Crippen molar-refractivity contribution in [2.45, 2.75) is 83.8 Å². The van der Waals surface area contributed by atoms with Crippen LogP contribution >= 0.6 is 0 Å². The Morgan fingerprint density at radius 2 is 1.72 bits per heavy atom. The maximum atomic E-state index is 14.2. The highest BCUT2D eigenvalue weighted by molar-refractivity contribution is 6.01. The molecule has 4 aromatic rings. The topological polar surface area (TPSA) is 115 Å². The van der Waals surface area contributed by atoms with E-state index in [1.165, 1.54) is 47.4 Å². The number of nitrogens with one attached hydrogen (secondary N) is 1. The number of anilines is 1. The number of aryl methyl sites for hydroxylation is 1. The number of aromatic nitrogens is 4. The van der Waals surface area contributed by atoms with Crippen molar-refractivity contribution in [3.63, 3.8) is 0 Å². The lowest BCUT2D eigenvalue weighted by Gasteiger charge is -2.32.